The minimum Gasteiger partial charge on any atom is -0.489 e. The van der Waals surface area contributed by atoms with Crippen molar-refractivity contribution in [3.05, 3.63) is 85.0 Å². The molecule has 2 amide bonds. The lowest BCUT2D eigenvalue weighted by molar-refractivity contribution is -0.122. The second-order valence-corrected chi connectivity index (χ2v) is 7.78. The third kappa shape index (κ3) is 11.3. The summed E-state index contributed by atoms with van der Waals surface area (Å²) in [5.41, 5.74) is 6.61. The number of amides is 2. The van der Waals surface area contributed by atoms with Gasteiger partial charge in [0.1, 0.15) is 24.7 Å². The first-order valence-electron chi connectivity index (χ1n) is 11.9. The molecule has 190 valence electrons. The largest absolute Gasteiger partial charge is 0.489 e. The highest BCUT2D eigenvalue weighted by molar-refractivity contribution is 5.86. The Morgan fingerprint density at radius 2 is 1.11 bits per heavy atom. The van der Waals surface area contributed by atoms with Crippen LogP contribution in [-0.2, 0) is 9.59 Å². The minimum atomic E-state index is -0.153. The van der Waals surface area contributed by atoms with Gasteiger partial charge in [0, 0.05) is 24.0 Å². The Morgan fingerprint density at radius 3 is 1.53 bits per heavy atom. The van der Waals surface area contributed by atoms with Crippen molar-refractivity contribution in [1.29, 1.82) is 0 Å². The van der Waals surface area contributed by atoms with Crippen LogP contribution in [0.25, 0.3) is 0 Å². The molecule has 0 aromatic heterocycles. The third-order valence-electron chi connectivity index (χ3n) is 4.89. The Hall–Kier alpha value is -4.20. The third-order valence-corrected chi connectivity index (χ3v) is 4.89. The summed E-state index contributed by atoms with van der Waals surface area (Å²) in [6.45, 7) is 8.05. The quantitative estimate of drug-likeness (QED) is 0.144. The maximum atomic E-state index is 12.0. The lowest BCUT2D eigenvalue weighted by atomic mass is 10.1. The van der Waals surface area contributed by atoms with Gasteiger partial charge < -0.3 is 9.47 Å². The van der Waals surface area contributed by atoms with Crippen molar-refractivity contribution in [2.75, 3.05) is 13.2 Å². The summed E-state index contributed by atoms with van der Waals surface area (Å²) in [5.74, 6) is 1.04. The molecular weight excluding hydrogens is 456 g/mol. The van der Waals surface area contributed by atoms with Gasteiger partial charge in [0.05, 0.1) is 12.4 Å². The van der Waals surface area contributed by atoms with E-state index >= 15 is 0 Å². The number of carbonyl (C=O) groups excluding carboxylic acids is 2. The normalized spacial score (nSPS) is 10.8. The van der Waals surface area contributed by atoms with Crippen LogP contribution in [0.4, 0.5) is 0 Å². The number of benzene rings is 2. The molecule has 0 bridgehead atoms. The number of hydrazone groups is 2. The molecule has 0 saturated heterocycles. The maximum Gasteiger partial charge on any atom is 0.240 e. The fourth-order valence-corrected chi connectivity index (χ4v) is 3.12. The van der Waals surface area contributed by atoms with E-state index in [0.29, 0.717) is 37.6 Å². The number of para-hydroxylation sites is 2. The topological polar surface area (TPSA) is 101 Å². The summed E-state index contributed by atoms with van der Waals surface area (Å²) >= 11 is 0. The average molecular weight is 491 g/mol. The summed E-state index contributed by atoms with van der Waals surface area (Å²) in [4.78, 5) is 24.0. The molecule has 0 radical (unpaired) electrons. The van der Waals surface area contributed by atoms with Gasteiger partial charge in [-0.15, -0.1) is 0 Å². The highest BCUT2D eigenvalue weighted by atomic mass is 16.5. The summed E-state index contributed by atoms with van der Waals surface area (Å²) in [5, 5.41) is 8.02. The molecule has 0 atom stereocenters. The molecular formula is C28H34N4O4. The van der Waals surface area contributed by atoms with E-state index < -0.39 is 0 Å². The van der Waals surface area contributed by atoms with E-state index in [9.17, 15) is 9.59 Å². The van der Waals surface area contributed by atoms with Crippen LogP contribution in [-0.4, -0.2) is 37.5 Å². The Morgan fingerprint density at radius 1 is 0.694 bits per heavy atom. The Bertz CT molecular complexity index is 966. The van der Waals surface area contributed by atoms with Crippen molar-refractivity contribution in [2.24, 2.45) is 10.2 Å². The molecule has 2 N–H and O–H groups in total. The Labute approximate surface area is 212 Å². The van der Waals surface area contributed by atoms with Gasteiger partial charge in [-0.05, 0) is 37.1 Å². The number of unbranched alkanes of at least 4 members (excludes halogenated alkanes) is 3. The molecule has 2 aromatic rings. The predicted molar refractivity (Wildman–Crippen MR) is 143 cm³/mol. The van der Waals surface area contributed by atoms with E-state index in [1.54, 1.807) is 24.6 Å². The summed E-state index contributed by atoms with van der Waals surface area (Å²) in [7, 11) is 0. The Kier molecular flexibility index (Phi) is 13.4. The lowest BCUT2D eigenvalue weighted by Crippen LogP contribution is -2.17. The van der Waals surface area contributed by atoms with E-state index in [1.165, 1.54) is 0 Å². The van der Waals surface area contributed by atoms with Crippen LogP contribution < -0.4 is 20.3 Å². The molecule has 0 heterocycles. The van der Waals surface area contributed by atoms with E-state index in [-0.39, 0.29) is 11.8 Å². The molecule has 8 heteroatoms. The molecule has 0 aliphatic heterocycles. The SMILES string of the molecule is C=CCOc1ccccc1/C=N\NC(=O)CCCCCCC(=O)N/N=C\c1ccccc1OCC=C. The molecule has 0 saturated carbocycles. The molecule has 2 aromatic carbocycles. The highest BCUT2D eigenvalue weighted by Crippen LogP contribution is 2.16. The van der Waals surface area contributed by atoms with Crippen molar-refractivity contribution in [1.82, 2.24) is 10.9 Å². The van der Waals surface area contributed by atoms with Gasteiger partial charge in [-0.3, -0.25) is 9.59 Å². The van der Waals surface area contributed by atoms with Crippen molar-refractivity contribution >= 4 is 24.2 Å². The van der Waals surface area contributed by atoms with Crippen LogP contribution >= 0.6 is 0 Å². The highest BCUT2D eigenvalue weighted by Gasteiger charge is 2.04. The second-order valence-electron chi connectivity index (χ2n) is 7.78. The van der Waals surface area contributed by atoms with Crippen molar-refractivity contribution < 1.29 is 19.1 Å². The monoisotopic (exact) mass is 490 g/mol. The van der Waals surface area contributed by atoms with E-state index in [1.807, 2.05) is 48.5 Å². The van der Waals surface area contributed by atoms with Crippen LogP contribution in [0.1, 0.15) is 49.7 Å². The molecule has 0 spiro atoms. The van der Waals surface area contributed by atoms with Crippen molar-refractivity contribution in [3.63, 3.8) is 0 Å². The molecule has 0 aliphatic rings. The molecule has 0 unspecified atom stereocenters. The lowest BCUT2D eigenvalue weighted by Gasteiger charge is -2.06. The molecule has 36 heavy (non-hydrogen) atoms. The van der Waals surface area contributed by atoms with Gasteiger partial charge in [-0.1, -0.05) is 62.4 Å². The number of ether oxygens (including phenoxy) is 2. The number of hydrogen-bond donors (Lipinski definition) is 2. The average Bonchev–Trinajstić information content (AvgIpc) is 2.89. The predicted octanol–water partition coefficient (Wildman–Crippen LogP) is 4.76. The van der Waals surface area contributed by atoms with Crippen LogP contribution in [0.15, 0.2) is 84.0 Å². The summed E-state index contributed by atoms with van der Waals surface area (Å²) < 4.78 is 11.1. The number of hydrogen-bond acceptors (Lipinski definition) is 6. The zero-order valence-corrected chi connectivity index (χ0v) is 20.5. The van der Waals surface area contributed by atoms with Gasteiger partial charge in [0.25, 0.3) is 0 Å². The molecule has 8 nitrogen and oxygen atoms in total. The van der Waals surface area contributed by atoms with Gasteiger partial charge in [0.2, 0.25) is 11.8 Å². The molecule has 0 aliphatic carbocycles. The first kappa shape index (κ1) is 28.0. The fourth-order valence-electron chi connectivity index (χ4n) is 3.12. The fraction of sp³-hybridized carbons (Fsp3) is 0.286. The molecule has 0 fully saturated rings. The zero-order valence-electron chi connectivity index (χ0n) is 20.5. The zero-order chi connectivity index (χ0) is 25.8. The number of carbonyl (C=O) groups is 2. The van der Waals surface area contributed by atoms with Crippen LogP contribution in [0.2, 0.25) is 0 Å². The first-order chi connectivity index (χ1) is 17.6. The van der Waals surface area contributed by atoms with Gasteiger partial charge in [-0.25, -0.2) is 10.9 Å². The van der Waals surface area contributed by atoms with Gasteiger partial charge in [0.15, 0.2) is 0 Å². The number of nitrogens with zero attached hydrogens (tertiary/aromatic N) is 2. The molecule has 2 rings (SSSR count). The van der Waals surface area contributed by atoms with Crippen molar-refractivity contribution in [2.45, 2.75) is 38.5 Å². The summed E-state index contributed by atoms with van der Waals surface area (Å²) in [6, 6.07) is 14.9. The van der Waals surface area contributed by atoms with Gasteiger partial charge >= 0.3 is 0 Å². The Balaban J connectivity index is 1.58. The van der Waals surface area contributed by atoms with E-state index in [4.69, 9.17) is 9.47 Å². The summed E-state index contributed by atoms with van der Waals surface area (Å²) in [6.07, 6.45) is 10.3. The number of rotatable bonds is 17. The van der Waals surface area contributed by atoms with Crippen molar-refractivity contribution in [3.8, 4) is 11.5 Å². The minimum absolute atomic E-state index is 0.153. The first-order valence-corrected chi connectivity index (χ1v) is 11.9. The van der Waals surface area contributed by atoms with E-state index in [2.05, 4.69) is 34.2 Å². The van der Waals surface area contributed by atoms with Crippen LogP contribution in [0, 0.1) is 0 Å². The van der Waals surface area contributed by atoms with Crippen LogP contribution in [0.3, 0.4) is 0 Å². The number of nitrogens with one attached hydrogen (secondary N) is 2. The van der Waals surface area contributed by atoms with Crippen LogP contribution in [0.5, 0.6) is 11.5 Å². The van der Waals surface area contributed by atoms with Gasteiger partial charge in [-0.2, -0.15) is 10.2 Å². The smallest absolute Gasteiger partial charge is 0.240 e. The maximum absolute atomic E-state index is 12.0. The standard InChI is InChI=1S/C28H34N4O4/c1-3-19-35-25-15-11-9-13-23(25)21-29-31-27(33)17-7-5-6-8-18-28(34)32-30-22-24-14-10-12-16-26(24)36-20-4-2/h3-4,9-16,21-22H,1-2,5-8,17-20H2,(H,31,33)(H,32,34)/b29-21-,30-22-. The van der Waals surface area contributed by atoms with E-state index in [0.717, 1.165) is 36.8 Å². The second kappa shape index (κ2) is 17.3.